The lowest BCUT2D eigenvalue weighted by Crippen LogP contribution is -2.05. The number of rotatable bonds is 3. The van der Waals surface area contributed by atoms with Crippen LogP contribution in [0.15, 0.2) is 36.5 Å². The first-order valence-electron chi connectivity index (χ1n) is 7.80. The fourth-order valence-electron chi connectivity index (χ4n) is 1.27. The molecular weight excluding hydrogens is 252 g/mol. The Morgan fingerprint density at radius 2 is 2.44 bits per heavy atom. The van der Waals surface area contributed by atoms with Crippen molar-refractivity contribution in [1.82, 2.24) is 4.98 Å². The van der Waals surface area contributed by atoms with Crippen molar-refractivity contribution in [2.75, 3.05) is 5.32 Å². The van der Waals surface area contributed by atoms with Gasteiger partial charge in [0.05, 0.1) is 4.11 Å². The van der Waals surface area contributed by atoms with E-state index in [2.05, 4.69) is 10.3 Å². The second kappa shape index (κ2) is 5.06. The van der Waals surface area contributed by atoms with Gasteiger partial charge < -0.3 is 10.4 Å². The Labute approximate surface area is 118 Å². The molecule has 0 aliphatic carbocycles. The van der Waals surface area contributed by atoms with Crippen molar-refractivity contribution in [3.63, 3.8) is 0 Å². The van der Waals surface area contributed by atoms with Gasteiger partial charge in [-0.3, -0.25) is 0 Å². The highest BCUT2D eigenvalue weighted by Gasteiger charge is 2.11. The number of carbonyl (C=O) groups is 1. The van der Waals surface area contributed by atoms with Gasteiger partial charge in [0.25, 0.3) is 0 Å². The van der Waals surface area contributed by atoms with Crippen LogP contribution in [0.2, 0.25) is 5.02 Å². The van der Waals surface area contributed by atoms with Gasteiger partial charge in [0.2, 0.25) is 0 Å². The first-order chi connectivity index (χ1) is 11.1. The topological polar surface area (TPSA) is 62.2 Å². The molecule has 0 aliphatic heterocycles. The van der Waals surface area contributed by atoms with Crippen molar-refractivity contribution in [3.05, 3.63) is 52.6 Å². The van der Waals surface area contributed by atoms with Gasteiger partial charge in [-0.05, 0) is 36.6 Å². The molecule has 0 spiro atoms. The predicted octanol–water partition coefficient (Wildman–Crippen LogP) is 3.49. The molecular formula is C13H11ClN2O2. The zero-order valence-electron chi connectivity index (χ0n) is 14.9. The summed E-state index contributed by atoms with van der Waals surface area (Å²) in [5.41, 5.74) is -1.21. The van der Waals surface area contributed by atoms with E-state index in [0.29, 0.717) is 0 Å². The number of aromatic nitrogens is 1. The van der Waals surface area contributed by atoms with Crippen molar-refractivity contribution >= 4 is 29.1 Å². The van der Waals surface area contributed by atoms with Crippen LogP contribution >= 0.6 is 11.6 Å². The Hall–Kier alpha value is -2.07. The monoisotopic (exact) mass is 268 g/mol. The van der Waals surface area contributed by atoms with Crippen molar-refractivity contribution < 1.29 is 18.1 Å². The van der Waals surface area contributed by atoms with E-state index >= 15 is 0 Å². The molecule has 0 saturated carbocycles. The van der Waals surface area contributed by atoms with E-state index in [1.807, 2.05) is 0 Å². The molecule has 2 rings (SSSR count). The second-order valence-corrected chi connectivity index (χ2v) is 3.65. The molecule has 0 radical (unpaired) electrons. The number of hydrogen-bond donors (Lipinski definition) is 2. The first kappa shape index (κ1) is 6.75. The summed E-state index contributed by atoms with van der Waals surface area (Å²) in [4.78, 5) is 15.1. The molecule has 2 aromatic rings. The molecule has 4 nitrogen and oxygen atoms in total. The Kier molecular flexibility index (Phi) is 1.90. The van der Waals surface area contributed by atoms with Gasteiger partial charge >= 0.3 is 5.97 Å². The summed E-state index contributed by atoms with van der Waals surface area (Å²) < 4.78 is 46.1. The Morgan fingerprint density at radius 3 is 3.17 bits per heavy atom. The number of carboxylic acids is 1. The van der Waals surface area contributed by atoms with E-state index in [0.717, 1.165) is 0 Å². The van der Waals surface area contributed by atoms with E-state index in [9.17, 15) is 4.79 Å². The van der Waals surface area contributed by atoms with Gasteiger partial charge in [-0.25, -0.2) is 9.78 Å². The molecule has 1 aromatic heterocycles. The van der Waals surface area contributed by atoms with Crippen molar-refractivity contribution in [2.45, 2.75) is 6.85 Å². The molecule has 92 valence electrons. The molecule has 0 unspecified atom stereocenters. The third-order valence-corrected chi connectivity index (χ3v) is 2.25. The quantitative estimate of drug-likeness (QED) is 0.895. The molecule has 5 heteroatoms. The zero-order chi connectivity index (χ0) is 18.2. The highest BCUT2D eigenvalue weighted by molar-refractivity contribution is 6.30. The minimum atomic E-state index is -2.81. The number of halogens is 1. The predicted molar refractivity (Wildman–Crippen MR) is 70.7 cm³/mol. The van der Waals surface area contributed by atoms with Gasteiger partial charge in [0.15, 0.2) is 0 Å². The largest absolute Gasteiger partial charge is 0.478 e. The maximum atomic E-state index is 11.2. The lowest BCUT2D eigenvalue weighted by Gasteiger charge is -2.11. The van der Waals surface area contributed by atoms with Crippen molar-refractivity contribution in [3.8, 4) is 0 Å². The van der Waals surface area contributed by atoms with E-state index in [4.69, 9.17) is 24.9 Å². The maximum absolute atomic E-state index is 11.2. The van der Waals surface area contributed by atoms with Crippen LogP contribution in [0.5, 0.6) is 0 Å². The van der Waals surface area contributed by atoms with Gasteiger partial charge in [0.1, 0.15) is 11.4 Å². The third-order valence-electron chi connectivity index (χ3n) is 2.06. The SMILES string of the molecule is [2H]c1c([2H])c(C([2H])([2H])[2H])c(Nc2ncccc2C(=O)O)c([2H])c1Cl. The summed E-state index contributed by atoms with van der Waals surface area (Å²) in [7, 11) is 0. The van der Waals surface area contributed by atoms with Crippen LogP contribution < -0.4 is 5.32 Å². The summed E-state index contributed by atoms with van der Waals surface area (Å²) in [6.45, 7) is -2.81. The summed E-state index contributed by atoms with van der Waals surface area (Å²) in [6, 6.07) is 0.865. The summed E-state index contributed by atoms with van der Waals surface area (Å²) in [5, 5.41) is 11.2. The second-order valence-electron chi connectivity index (χ2n) is 3.27. The molecule has 0 aliphatic rings. The van der Waals surface area contributed by atoms with Crippen LogP contribution in [0.3, 0.4) is 0 Å². The zero-order valence-corrected chi connectivity index (χ0v) is 9.67. The fourth-order valence-corrected chi connectivity index (χ4v) is 1.41. The average molecular weight is 269 g/mol. The lowest BCUT2D eigenvalue weighted by molar-refractivity contribution is 0.0697. The minimum absolute atomic E-state index is 0.197. The van der Waals surface area contributed by atoms with Crippen LogP contribution in [0.4, 0.5) is 11.5 Å². The number of nitrogens with zero attached hydrogens (tertiary/aromatic N) is 1. The highest BCUT2D eigenvalue weighted by Crippen LogP contribution is 2.24. The van der Waals surface area contributed by atoms with Crippen LogP contribution in [0.25, 0.3) is 0 Å². The number of hydrogen-bond acceptors (Lipinski definition) is 3. The molecule has 0 bridgehead atoms. The van der Waals surface area contributed by atoms with Crippen LogP contribution in [-0.4, -0.2) is 16.1 Å². The van der Waals surface area contributed by atoms with Crippen LogP contribution in [-0.2, 0) is 0 Å². The van der Waals surface area contributed by atoms with Gasteiger partial charge in [0, 0.05) is 21.0 Å². The molecule has 2 N–H and O–H groups in total. The van der Waals surface area contributed by atoms with Crippen molar-refractivity contribution in [1.29, 1.82) is 0 Å². The Bertz CT molecular complexity index is 825. The Morgan fingerprint density at radius 1 is 1.61 bits per heavy atom. The van der Waals surface area contributed by atoms with E-state index < -0.39 is 41.5 Å². The highest BCUT2D eigenvalue weighted by atomic mass is 35.5. The molecule has 0 saturated heterocycles. The molecule has 0 atom stereocenters. The summed E-state index contributed by atoms with van der Waals surface area (Å²) in [5.74, 6) is -1.50. The van der Waals surface area contributed by atoms with E-state index in [1.165, 1.54) is 18.3 Å². The molecule has 18 heavy (non-hydrogen) atoms. The number of pyridine rings is 1. The van der Waals surface area contributed by atoms with Crippen molar-refractivity contribution in [2.24, 2.45) is 0 Å². The van der Waals surface area contributed by atoms with Gasteiger partial charge in [-0.2, -0.15) is 0 Å². The Balaban J connectivity index is 2.74. The average Bonchev–Trinajstić information content (AvgIpc) is 2.49. The normalized spacial score (nSPS) is 15.6. The minimum Gasteiger partial charge on any atom is -0.478 e. The molecule has 1 heterocycles. The third kappa shape index (κ3) is 2.60. The number of aromatic carboxylic acids is 1. The summed E-state index contributed by atoms with van der Waals surface area (Å²) >= 11 is 5.82. The van der Waals surface area contributed by atoms with Crippen LogP contribution in [0, 0.1) is 6.85 Å². The van der Waals surface area contributed by atoms with Gasteiger partial charge in [-0.15, -0.1) is 0 Å². The lowest BCUT2D eigenvalue weighted by atomic mass is 10.2. The maximum Gasteiger partial charge on any atom is 0.339 e. The molecule has 0 fully saturated rings. The smallest absolute Gasteiger partial charge is 0.339 e. The van der Waals surface area contributed by atoms with Crippen LogP contribution in [0.1, 0.15) is 24.1 Å². The standard InChI is InChI=1S/C13H11ClN2O2/c1-8-4-5-9(14)7-11(8)16-12-10(13(17)18)3-2-6-15-12/h2-7H,1H3,(H,15,16)(H,17,18)/i1D3,4D,5D,7D. The number of benzene rings is 1. The molecule has 0 amide bonds. The number of nitrogens with one attached hydrogen (secondary N) is 1. The fraction of sp³-hybridized carbons (Fsp3) is 0.0769. The number of anilines is 2. The van der Waals surface area contributed by atoms with E-state index in [1.54, 1.807) is 0 Å². The first-order valence-corrected chi connectivity index (χ1v) is 5.18. The van der Waals surface area contributed by atoms with Gasteiger partial charge in [-0.1, -0.05) is 17.6 Å². The van der Waals surface area contributed by atoms with E-state index in [-0.39, 0.29) is 17.1 Å². The summed E-state index contributed by atoms with van der Waals surface area (Å²) in [6.07, 6.45) is 1.29. The number of carboxylic acid groups (broad SMARTS) is 1. The molecule has 1 aromatic carbocycles.